The summed E-state index contributed by atoms with van der Waals surface area (Å²) in [4.78, 5) is 25.0. The molecule has 0 radical (unpaired) electrons. The zero-order valence-corrected chi connectivity index (χ0v) is 49.2. The van der Waals surface area contributed by atoms with Gasteiger partial charge in [-0.2, -0.15) is 0 Å². The molecular weight excluding hydrogens is 1110 g/mol. The van der Waals surface area contributed by atoms with E-state index >= 15 is 0 Å². The third-order valence-corrected chi connectivity index (χ3v) is 18.4. The van der Waals surface area contributed by atoms with Gasteiger partial charge in [0.2, 0.25) is 0 Å². The van der Waals surface area contributed by atoms with E-state index in [1.807, 2.05) is 83.6 Å². The summed E-state index contributed by atoms with van der Waals surface area (Å²) in [7, 11) is -0.446. The topological polar surface area (TPSA) is 94.6 Å². The highest BCUT2D eigenvalue weighted by atomic mass is 31.1. The number of hydrogen-bond donors (Lipinski definition) is 1. The minimum Gasteiger partial charge on any atom is -0.354 e. The van der Waals surface area contributed by atoms with Crippen LogP contribution in [0.4, 0.5) is 5.69 Å². The lowest BCUT2D eigenvalue weighted by Gasteiger charge is -2.18. The lowest BCUT2D eigenvalue weighted by molar-refractivity contribution is -0.384. The molecule has 0 unspecified atom stereocenters. The maximum absolute atomic E-state index is 11.7. The van der Waals surface area contributed by atoms with Gasteiger partial charge in [-0.1, -0.05) is 255 Å². The van der Waals surface area contributed by atoms with Crippen molar-refractivity contribution in [3.63, 3.8) is 0 Å². The van der Waals surface area contributed by atoms with E-state index in [1.54, 1.807) is 18.2 Å². The molecule has 0 saturated heterocycles. The molecule has 424 valence electrons. The summed E-state index contributed by atoms with van der Waals surface area (Å²) >= 11 is 0. The number of pyridine rings is 2. The summed E-state index contributed by atoms with van der Waals surface area (Å²) in [5.41, 5.74) is 14.4. The van der Waals surface area contributed by atoms with Crippen LogP contribution < -0.4 is 15.9 Å². The molecule has 0 fully saturated rings. The first-order valence-electron chi connectivity index (χ1n) is 29.6. The lowest BCUT2D eigenvalue weighted by Crippen LogP contribution is -2.20. The molecule has 0 atom stereocenters. The summed E-state index contributed by atoms with van der Waals surface area (Å²) < 4.78 is 4.25. The van der Waals surface area contributed by atoms with Crippen LogP contribution in [0.5, 0.6) is 0 Å². The van der Waals surface area contributed by atoms with Crippen molar-refractivity contribution in [2.24, 2.45) is 0 Å². The second kappa shape index (κ2) is 25.2. The lowest BCUT2D eigenvalue weighted by atomic mass is 10.00. The fourth-order valence-electron chi connectivity index (χ4n) is 11.8. The third-order valence-electron chi connectivity index (χ3n) is 16.0. The molecule has 0 aliphatic heterocycles. The second-order valence-electron chi connectivity index (χ2n) is 21.5. The number of rotatable bonds is 11. The first-order valence-corrected chi connectivity index (χ1v) is 30.9. The van der Waals surface area contributed by atoms with Crippen molar-refractivity contribution in [1.29, 1.82) is 0 Å². The van der Waals surface area contributed by atoms with Crippen LogP contribution >= 0.6 is 7.92 Å². The van der Waals surface area contributed by atoms with Gasteiger partial charge in [0, 0.05) is 62.2 Å². The summed E-state index contributed by atoms with van der Waals surface area (Å²) in [6.45, 7) is 0. The number of nitrogens with one attached hydrogen (secondary N) is 1. The average Bonchev–Trinajstić information content (AvgIpc) is 1.71. The quantitative estimate of drug-likeness (QED) is 0.0793. The van der Waals surface area contributed by atoms with Gasteiger partial charge in [-0.05, 0) is 118 Å². The molecule has 0 saturated carbocycles. The molecule has 9 heteroatoms. The second-order valence-corrected chi connectivity index (χ2v) is 23.7. The van der Waals surface area contributed by atoms with E-state index in [-0.39, 0.29) is 10.6 Å². The Balaban J connectivity index is 0.000000122. The molecule has 0 bridgehead atoms. The van der Waals surface area contributed by atoms with Crippen LogP contribution in [-0.4, -0.2) is 29.0 Å². The number of para-hydroxylation sites is 2. The molecule has 5 aromatic heterocycles. The highest BCUT2D eigenvalue weighted by Gasteiger charge is 2.20. The van der Waals surface area contributed by atoms with Gasteiger partial charge in [-0.25, -0.2) is 9.97 Å². The van der Waals surface area contributed by atoms with Gasteiger partial charge in [0.1, 0.15) is 11.6 Å². The molecule has 0 aliphatic carbocycles. The van der Waals surface area contributed by atoms with Crippen molar-refractivity contribution >= 4 is 73.1 Å². The van der Waals surface area contributed by atoms with E-state index in [0.29, 0.717) is 5.56 Å². The van der Waals surface area contributed by atoms with Gasteiger partial charge in [0.25, 0.3) is 5.69 Å². The number of hydrogen-bond acceptors (Lipinski definition) is 4. The molecule has 0 aliphatic rings. The van der Waals surface area contributed by atoms with Gasteiger partial charge < -0.3 is 14.1 Å². The van der Waals surface area contributed by atoms with Crippen LogP contribution in [0, 0.1) is 10.1 Å². The van der Waals surface area contributed by atoms with Gasteiger partial charge in [0.05, 0.1) is 32.9 Å². The smallest absolute Gasteiger partial charge is 0.277 e. The van der Waals surface area contributed by atoms with Crippen molar-refractivity contribution in [3.8, 4) is 67.5 Å². The Morgan fingerprint density at radius 3 is 1.26 bits per heavy atom. The molecule has 1 N–H and O–H groups in total. The number of nitrogens with zero attached hydrogens (tertiary/aromatic N) is 5. The van der Waals surface area contributed by atoms with Gasteiger partial charge in [-0.15, -0.1) is 0 Å². The molecule has 8 nitrogen and oxygen atoms in total. The minimum absolute atomic E-state index is 0.0910. The fraction of sp³-hybridized carbons (Fsp3) is 0. The average molecular weight is 1170 g/mol. The van der Waals surface area contributed by atoms with Gasteiger partial charge in [-0.3, -0.25) is 10.1 Å². The number of aromatic amines is 1. The van der Waals surface area contributed by atoms with Gasteiger partial charge in [0.15, 0.2) is 0 Å². The van der Waals surface area contributed by atoms with Crippen molar-refractivity contribution in [2.45, 2.75) is 0 Å². The molecule has 0 spiro atoms. The number of nitro groups is 1. The van der Waals surface area contributed by atoms with E-state index in [1.165, 1.54) is 37.6 Å². The van der Waals surface area contributed by atoms with E-state index in [0.717, 1.165) is 83.9 Å². The maximum Gasteiger partial charge on any atom is 0.277 e. The van der Waals surface area contributed by atoms with Crippen molar-refractivity contribution in [2.75, 3.05) is 0 Å². The summed E-state index contributed by atoms with van der Waals surface area (Å²) in [5, 5.41) is 20.5. The van der Waals surface area contributed by atoms with Crippen LogP contribution in [0.25, 0.3) is 111 Å². The Hall–Kier alpha value is -11.6. The standard InChI is InChI=1S/C31H21N3O2.C31H21N3.C18H15P/c35-34(36)30-16-8-7-14-26(30)25-15-9-17-29-27(25)18-19-33(29)31-21-24(22-10-3-1-4-11-22)20-28(32-31)23-12-5-2-6-13-23;1-3-9-21(10-4-1)23-19-28(22-11-5-2-6-12-22)33-30(20-23)34-18-17-25-29(34)16-15-27-31(25)24-13-7-8-14-26(24)32-27;1-4-10-16(11-5-1)19(17-12-6-2-7-13-17)18-14-8-3-9-15-18/h1-21H;1-20,32H;1-15H. The Labute approximate surface area is 516 Å². The van der Waals surface area contributed by atoms with Crippen LogP contribution in [0.2, 0.25) is 0 Å². The Morgan fingerprint density at radius 1 is 0.337 bits per heavy atom. The molecule has 0 amide bonds. The SMILES string of the molecule is O=[N+]([O-])c1ccccc1-c1cccc2c1ccn2-c1cc(-c2ccccc2)cc(-c2ccccc2)n1.c1ccc(-c2cc(-c3ccccc3)nc(-n3ccc4c5c(ccc43)[nH]c3ccccc35)c2)cc1.c1ccc(P(c2ccccc2)c2ccccc2)cc1. The predicted octanol–water partition coefficient (Wildman–Crippen LogP) is 19.4. The van der Waals surface area contributed by atoms with E-state index in [9.17, 15) is 10.1 Å². The summed E-state index contributed by atoms with van der Waals surface area (Å²) in [6.07, 6.45) is 4.12. The van der Waals surface area contributed by atoms with E-state index in [4.69, 9.17) is 9.97 Å². The minimum atomic E-state index is -0.446. The van der Waals surface area contributed by atoms with Crippen molar-refractivity contribution in [3.05, 3.63) is 350 Å². The molecule has 11 aromatic carbocycles. The normalized spacial score (nSPS) is 11.1. The van der Waals surface area contributed by atoms with Gasteiger partial charge >= 0.3 is 0 Å². The first kappa shape index (κ1) is 55.3. The number of nitro benzene ring substituents is 1. The predicted molar refractivity (Wildman–Crippen MR) is 370 cm³/mol. The van der Waals surface area contributed by atoms with Crippen LogP contribution in [0.1, 0.15) is 0 Å². The largest absolute Gasteiger partial charge is 0.354 e. The van der Waals surface area contributed by atoms with Crippen LogP contribution in [0.15, 0.2) is 340 Å². The zero-order chi connectivity index (χ0) is 59.9. The Kier molecular flexibility index (Phi) is 15.6. The van der Waals surface area contributed by atoms with Crippen LogP contribution in [0.3, 0.4) is 0 Å². The van der Waals surface area contributed by atoms with Crippen LogP contribution in [-0.2, 0) is 0 Å². The zero-order valence-electron chi connectivity index (χ0n) is 48.3. The molecule has 16 rings (SSSR count). The Morgan fingerprint density at radius 2 is 0.753 bits per heavy atom. The first-order chi connectivity index (χ1) is 44.0. The number of H-pyrrole nitrogens is 1. The summed E-state index contributed by atoms with van der Waals surface area (Å²) in [6, 6.07) is 112. The highest BCUT2D eigenvalue weighted by molar-refractivity contribution is 7.79. The van der Waals surface area contributed by atoms with Crippen molar-refractivity contribution in [1.82, 2.24) is 24.1 Å². The number of fused-ring (bicyclic) bond motifs is 6. The third kappa shape index (κ3) is 11.6. The van der Waals surface area contributed by atoms with Crippen molar-refractivity contribution < 1.29 is 4.92 Å². The number of aromatic nitrogens is 5. The Bertz CT molecular complexity index is 4890. The number of benzene rings is 11. The molecule has 5 heterocycles. The fourth-order valence-corrected chi connectivity index (χ4v) is 14.1. The highest BCUT2D eigenvalue weighted by Crippen LogP contribution is 2.39. The molecule has 89 heavy (non-hydrogen) atoms. The van der Waals surface area contributed by atoms with E-state index in [2.05, 4.69) is 252 Å². The maximum atomic E-state index is 11.7. The van der Waals surface area contributed by atoms with E-state index < -0.39 is 7.92 Å². The molecular formula is C80H57N6O2P. The molecule has 16 aromatic rings. The summed E-state index contributed by atoms with van der Waals surface area (Å²) in [5.74, 6) is 1.69. The monoisotopic (exact) mass is 1160 g/mol.